The summed E-state index contributed by atoms with van der Waals surface area (Å²) in [4.78, 5) is 20.2. The molecule has 1 aliphatic heterocycles. The Hall–Kier alpha value is -1.97. The standard InChI is InChI=1S/C9H7NO3/c10-9(11)7-1-2-8-6(5-7)3-4-12-13-8/h1-5H,(H2,10,11). The molecule has 0 fully saturated rings. The molecule has 13 heavy (non-hydrogen) atoms. The molecule has 0 bridgehead atoms. The van der Waals surface area contributed by atoms with Gasteiger partial charge in [0.1, 0.15) is 6.26 Å². The van der Waals surface area contributed by atoms with Crippen molar-refractivity contribution in [1.29, 1.82) is 0 Å². The van der Waals surface area contributed by atoms with Crippen LogP contribution in [-0.2, 0) is 4.89 Å². The summed E-state index contributed by atoms with van der Waals surface area (Å²) in [5.41, 5.74) is 6.34. The van der Waals surface area contributed by atoms with Crippen molar-refractivity contribution in [2.75, 3.05) is 0 Å². The summed E-state index contributed by atoms with van der Waals surface area (Å²) >= 11 is 0. The number of benzene rings is 1. The molecule has 0 spiro atoms. The lowest BCUT2D eigenvalue weighted by Crippen LogP contribution is -2.11. The van der Waals surface area contributed by atoms with Gasteiger partial charge >= 0.3 is 0 Å². The Morgan fingerprint density at radius 3 is 3.00 bits per heavy atom. The minimum Gasteiger partial charge on any atom is -0.366 e. The summed E-state index contributed by atoms with van der Waals surface area (Å²) < 4.78 is 0. The first kappa shape index (κ1) is 7.67. The average Bonchev–Trinajstić information content (AvgIpc) is 2.17. The molecular formula is C9H7NO3. The van der Waals surface area contributed by atoms with Crippen LogP contribution in [0.2, 0.25) is 0 Å². The molecule has 0 radical (unpaired) electrons. The van der Waals surface area contributed by atoms with Gasteiger partial charge in [0, 0.05) is 11.1 Å². The molecule has 0 unspecified atom stereocenters. The highest BCUT2D eigenvalue weighted by atomic mass is 17.2. The molecule has 0 aliphatic carbocycles. The van der Waals surface area contributed by atoms with E-state index in [0.29, 0.717) is 11.3 Å². The zero-order valence-electron chi connectivity index (χ0n) is 6.69. The van der Waals surface area contributed by atoms with Gasteiger partial charge in [-0.3, -0.25) is 14.6 Å². The minimum atomic E-state index is -0.456. The highest BCUT2D eigenvalue weighted by molar-refractivity contribution is 5.93. The van der Waals surface area contributed by atoms with Gasteiger partial charge in [0.25, 0.3) is 0 Å². The monoisotopic (exact) mass is 177 g/mol. The smallest absolute Gasteiger partial charge is 0.248 e. The van der Waals surface area contributed by atoms with Crippen molar-refractivity contribution in [3.8, 4) is 5.75 Å². The first-order valence-corrected chi connectivity index (χ1v) is 3.71. The van der Waals surface area contributed by atoms with Crippen LogP contribution in [0.15, 0.2) is 24.5 Å². The van der Waals surface area contributed by atoms with E-state index in [-0.39, 0.29) is 0 Å². The van der Waals surface area contributed by atoms with E-state index in [1.54, 1.807) is 24.3 Å². The molecule has 0 aromatic heterocycles. The second-order valence-corrected chi connectivity index (χ2v) is 2.60. The summed E-state index contributed by atoms with van der Waals surface area (Å²) in [5.74, 6) is 0.121. The molecule has 2 rings (SSSR count). The third-order valence-corrected chi connectivity index (χ3v) is 1.74. The van der Waals surface area contributed by atoms with Gasteiger partial charge in [-0.05, 0) is 24.3 Å². The Balaban J connectivity index is 2.48. The summed E-state index contributed by atoms with van der Waals surface area (Å²) in [6.45, 7) is 0. The highest BCUT2D eigenvalue weighted by Gasteiger charge is 2.09. The maximum atomic E-state index is 10.8. The number of nitrogens with two attached hydrogens (primary N) is 1. The number of rotatable bonds is 1. The number of amides is 1. The van der Waals surface area contributed by atoms with Crippen molar-refractivity contribution in [3.63, 3.8) is 0 Å². The molecule has 1 aromatic carbocycles. The minimum absolute atomic E-state index is 0.453. The molecule has 0 atom stereocenters. The number of primary amides is 1. The van der Waals surface area contributed by atoms with Gasteiger partial charge in [-0.2, -0.15) is 0 Å². The van der Waals surface area contributed by atoms with Gasteiger partial charge in [0.2, 0.25) is 5.91 Å². The Bertz CT molecular complexity index is 384. The van der Waals surface area contributed by atoms with E-state index in [1.165, 1.54) is 6.26 Å². The number of hydrogen-bond acceptors (Lipinski definition) is 3. The van der Waals surface area contributed by atoms with E-state index in [2.05, 4.69) is 4.89 Å². The molecule has 1 heterocycles. The van der Waals surface area contributed by atoms with Crippen molar-refractivity contribution in [3.05, 3.63) is 35.6 Å². The van der Waals surface area contributed by atoms with Gasteiger partial charge in [-0.25, -0.2) is 0 Å². The molecule has 4 nitrogen and oxygen atoms in total. The van der Waals surface area contributed by atoms with Crippen LogP contribution in [-0.4, -0.2) is 5.91 Å². The van der Waals surface area contributed by atoms with Gasteiger partial charge in [0.15, 0.2) is 5.75 Å². The molecule has 66 valence electrons. The number of fused-ring (bicyclic) bond motifs is 1. The molecule has 0 saturated carbocycles. The summed E-state index contributed by atoms with van der Waals surface area (Å²) in [7, 11) is 0. The van der Waals surface area contributed by atoms with Crippen molar-refractivity contribution < 1.29 is 14.6 Å². The first-order valence-electron chi connectivity index (χ1n) is 3.71. The van der Waals surface area contributed by atoms with Crippen LogP contribution >= 0.6 is 0 Å². The molecule has 4 heteroatoms. The third kappa shape index (κ3) is 1.33. The topological polar surface area (TPSA) is 61.6 Å². The van der Waals surface area contributed by atoms with E-state index in [4.69, 9.17) is 10.6 Å². The fourth-order valence-corrected chi connectivity index (χ4v) is 1.09. The summed E-state index contributed by atoms with van der Waals surface area (Å²) in [5, 5.41) is 0. The van der Waals surface area contributed by atoms with Crippen molar-refractivity contribution in [2.45, 2.75) is 0 Å². The second kappa shape index (κ2) is 2.82. The molecule has 2 N–H and O–H groups in total. The van der Waals surface area contributed by atoms with Crippen LogP contribution in [0.4, 0.5) is 0 Å². The van der Waals surface area contributed by atoms with Crippen LogP contribution in [0.5, 0.6) is 5.75 Å². The van der Waals surface area contributed by atoms with E-state index in [1.807, 2.05) is 0 Å². The Morgan fingerprint density at radius 1 is 1.38 bits per heavy atom. The zero-order valence-corrected chi connectivity index (χ0v) is 6.69. The number of carbonyl (C=O) groups is 1. The van der Waals surface area contributed by atoms with E-state index in [9.17, 15) is 4.79 Å². The lowest BCUT2D eigenvalue weighted by molar-refractivity contribution is -0.151. The summed E-state index contributed by atoms with van der Waals surface area (Å²) in [6, 6.07) is 4.87. The number of hydrogen-bond donors (Lipinski definition) is 1. The quantitative estimate of drug-likeness (QED) is 0.653. The largest absolute Gasteiger partial charge is 0.366 e. The van der Waals surface area contributed by atoms with Crippen LogP contribution in [0.25, 0.3) is 6.08 Å². The molecule has 0 saturated heterocycles. The fourth-order valence-electron chi connectivity index (χ4n) is 1.09. The van der Waals surface area contributed by atoms with Crippen LogP contribution in [0.3, 0.4) is 0 Å². The normalized spacial score (nSPS) is 12.6. The van der Waals surface area contributed by atoms with Crippen LogP contribution in [0.1, 0.15) is 15.9 Å². The second-order valence-electron chi connectivity index (χ2n) is 2.60. The third-order valence-electron chi connectivity index (χ3n) is 1.74. The first-order chi connectivity index (χ1) is 6.27. The van der Waals surface area contributed by atoms with E-state index >= 15 is 0 Å². The maximum Gasteiger partial charge on any atom is 0.248 e. The van der Waals surface area contributed by atoms with Gasteiger partial charge in [0.05, 0.1) is 0 Å². The van der Waals surface area contributed by atoms with Crippen LogP contribution in [0, 0.1) is 0 Å². The molecule has 1 aromatic rings. The SMILES string of the molecule is NC(=O)c1ccc2c(c1)C=COO2. The van der Waals surface area contributed by atoms with Gasteiger partial charge < -0.3 is 5.73 Å². The zero-order chi connectivity index (χ0) is 9.26. The summed E-state index contributed by atoms with van der Waals surface area (Å²) in [6.07, 6.45) is 3.10. The van der Waals surface area contributed by atoms with Crippen molar-refractivity contribution >= 4 is 12.0 Å². The lowest BCUT2D eigenvalue weighted by Gasteiger charge is -2.10. The molecule has 1 amide bonds. The molecule has 1 aliphatic rings. The maximum absolute atomic E-state index is 10.8. The fraction of sp³-hybridized carbons (Fsp3) is 0. The lowest BCUT2D eigenvalue weighted by atomic mass is 10.1. The van der Waals surface area contributed by atoms with Gasteiger partial charge in [-0.15, -0.1) is 0 Å². The molecular weight excluding hydrogens is 170 g/mol. The Kier molecular flexibility index (Phi) is 1.66. The van der Waals surface area contributed by atoms with Crippen molar-refractivity contribution in [1.82, 2.24) is 0 Å². The average molecular weight is 177 g/mol. The Morgan fingerprint density at radius 2 is 2.23 bits per heavy atom. The van der Waals surface area contributed by atoms with Gasteiger partial charge in [-0.1, -0.05) is 0 Å². The predicted molar refractivity (Wildman–Crippen MR) is 45.7 cm³/mol. The Labute approximate surface area is 74.5 Å². The van der Waals surface area contributed by atoms with E-state index < -0.39 is 5.91 Å². The highest BCUT2D eigenvalue weighted by Crippen LogP contribution is 2.24. The van der Waals surface area contributed by atoms with E-state index in [0.717, 1.165) is 5.56 Å². The number of carbonyl (C=O) groups excluding carboxylic acids is 1. The predicted octanol–water partition coefficient (Wildman–Crippen LogP) is 1.08. The van der Waals surface area contributed by atoms with Crippen molar-refractivity contribution in [2.24, 2.45) is 5.73 Å². The van der Waals surface area contributed by atoms with Crippen LogP contribution < -0.4 is 10.6 Å².